The summed E-state index contributed by atoms with van der Waals surface area (Å²) in [7, 11) is 1.57. The summed E-state index contributed by atoms with van der Waals surface area (Å²) in [5, 5.41) is 5.82. The number of methoxy groups -OCH3 is 1. The van der Waals surface area contributed by atoms with E-state index in [9.17, 15) is 14.4 Å². The molecule has 0 aromatic heterocycles. The Morgan fingerprint density at radius 1 is 0.970 bits per heavy atom. The minimum absolute atomic E-state index is 0.0107. The van der Waals surface area contributed by atoms with Crippen LogP contribution in [0.4, 0.5) is 0 Å². The van der Waals surface area contributed by atoms with Crippen LogP contribution >= 0.6 is 0 Å². The van der Waals surface area contributed by atoms with Crippen LogP contribution in [0.1, 0.15) is 44.7 Å². The van der Waals surface area contributed by atoms with Crippen molar-refractivity contribution in [1.29, 1.82) is 0 Å². The van der Waals surface area contributed by atoms with Crippen LogP contribution in [-0.4, -0.2) is 62.0 Å². The lowest BCUT2D eigenvalue weighted by Crippen LogP contribution is -2.54. The fourth-order valence-electron chi connectivity index (χ4n) is 4.25. The van der Waals surface area contributed by atoms with Crippen LogP contribution in [0.15, 0.2) is 48.5 Å². The van der Waals surface area contributed by atoms with E-state index in [1.54, 1.807) is 13.2 Å². The van der Waals surface area contributed by atoms with Crippen molar-refractivity contribution < 1.29 is 19.1 Å². The maximum Gasteiger partial charge on any atom is 0.254 e. The Labute approximate surface area is 195 Å². The van der Waals surface area contributed by atoms with E-state index in [1.807, 2.05) is 61.2 Å². The van der Waals surface area contributed by atoms with E-state index in [0.29, 0.717) is 50.2 Å². The Bertz CT molecular complexity index is 983. The van der Waals surface area contributed by atoms with Gasteiger partial charge in [-0.3, -0.25) is 14.4 Å². The Morgan fingerprint density at radius 2 is 1.55 bits per heavy atom. The van der Waals surface area contributed by atoms with E-state index < -0.39 is 6.04 Å². The summed E-state index contributed by atoms with van der Waals surface area (Å²) in [4.78, 5) is 40.8. The second-order valence-electron chi connectivity index (χ2n) is 8.49. The number of ether oxygens (including phenoxy) is 1. The van der Waals surface area contributed by atoms with Gasteiger partial charge < -0.3 is 20.3 Å². The highest BCUT2D eigenvalue weighted by Crippen LogP contribution is 2.24. The predicted molar refractivity (Wildman–Crippen MR) is 127 cm³/mol. The molecule has 1 aliphatic rings. The molecule has 3 rings (SSSR count). The Morgan fingerprint density at radius 3 is 2.12 bits per heavy atom. The van der Waals surface area contributed by atoms with Gasteiger partial charge in [0.1, 0.15) is 6.04 Å². The van der Waals surface area contributed by atoms with Crippen molar-refractivity contribution in [3.05, 3.63) is 70.8 Å². The van der Waals surface area contributed by atoms with E-state index in [1.165, 1.54) is 0 Å². The molecule has 7 nitrogen and oxygen atoms in total. The molecule has 1 atom stereocenters. The Balaban J connectivity index is 1.70. The second kappa shape index (κ2) is 11.6. The van der Waals surface area contributed by atoms with Gasteiger partial charge in [0.25, 0.3) is 11.8 Å². The largest absolute Gasteiger partial charge is 0.383 e. The normalized spacial score (nSPS) is 15.1. The number of amides is 3. The van der Waals surface area contributed by atoms with Crippen LogP contribution in [0, 0.1) is 19.8 Å². The molecule has 0 saturated carbocycles. The van der Waals surface area contributed by atoms with Crippen molar-refractivity contribution in [3.8, 4) is 0 Å². The van der Waals surface area contributed by atoms with Crippen LogP contribution < -0.4 is 10.6 Å². The van der Waals surface area contributed by atoms with E-state index in [0.717, 1.165) is 11.1 Å². The smallest absolute Gasteiger partial charge is 0.254 e. The van der Waals surface area contributed by atoms with Gasteiger partial charge in [0.05, 0.1) is 6.61 Å². The summed E-state index contributed by atoms with van der Waals surface area (Å²) in [5.74, 6) is -0.547. The maximum atomic E-state index is 13.0. The first-order valence-corrected chi connectivity index (χ1v) is 11.4. The highest BCUT2D eigenvalue weighted by atomic mass is 16.5. The molecule has 3 amide bonds. The van der Waals surface area contributed by atoms with Gasteiger partial charge in [-0.05, 0) is 55.9 Å². The second-order valence-corrected chi connectivity index (χ2v) is 8.49. The molecule has 1 heterocycles. The van der Waals surface area contributed by atoms with E-state index in [2.05, 4.69) is 10.6 Å². The van der Waals surface area contributed by atoms with Crippen molar-refractivity contribution in [2.45, 2.75) is 32.7 Å². The number of hydrogen-bond acceptors (Lipinski definition) is 4. The van der Waals surface area contributed by atoms with Crippen molar-refractivity contribution in [2.24, 2.45) is 5.92 Å². The summed E-state index contributed by atoms with van der Waals surface area (Å²) in [6.45, 7) is 5.66. The summed E-state index contributed by atoms with van der Waals surface area (Å²) in [6, 6.07) is 14.2. The number of benzene rings is 2. The molecule has 2 aromatic carbocycles. The molecule has 0 radical (unpaired) electrons. The summed E-state index contributed by atoms with van der Waals surface area (Å²) < 4.78 is 5.03. The monoisotopic (exact) mass is 451 g/mol. The zero-order chi connectivity index (χ0) is 23.8. The SMILES string of the molecule is COCCNC(=O)[C@@H](NC(=O)c1ccccc1C)C1CCN(C(=O)c2ccccc2C)CC1. The van der Waals surface area contributed by atoms with E-state index in [4.69, 9.17) is 4.74 Å². The highest BCUT2D eigenvalue weighted by molar-refractivity contribution is 5.99. The lowest BCUT2D eigenvalue weighted by Gasteiger charge is -2.36. The van der Waals surface area contributed by atoms with Crippen molar-refractivity contribution in [3.63, 3.8) is 0 Å². The quantitative estimate of drug-likeness (QED) is 0.604. The summed E-state index contributed by atoms with van der Waals surface area (Å²) in [5.41, 5.74) is 3.06. The standard InChI is InChI=1S/C26H33N3O4/c1-18-8-4-6-10-21(18)24(30)28-23(25(31)27-14-17-33-3)20-12-15-29(16-13-20)26(32)22-11-7-5-9-19(22)2/h4-11,20,23H,12-17H2,1-3H3,(H,27,31)(H,28,30)/t23-/m0/s1. The number of likely N-dealkylation sites (tertiary alicyclic amines) is 1. The van der Waals surface area contributed by atoms with E-state index >= 15 is 0 Å². The average Bonchev–Trinajstić information content (AvgIpc) is 2.83. The minimum atomic E-state index is -0.676. The molecule has 7 heteroatoms. The average molecular weight is 452 g/mol. The van der Waals surface area contributed by atoms with Crippen molar-refractivity contribution >= 4 is 17.7 Å². The summed E-state index contributed by atoms with van der Waals surface area (Å²) in [6.07, 6.45) is 1.27. The molecule has 0 aliphatic carbocycles. The maximum absolute atomic E-state index is 13.0. The number of carbonyl (C=O) groups excluding carboxylic acids is 3. The third kappa shape index (κ3) is 6.20. The third-order valence-electron chi connectivity index (χ3n) is 6.24. The van der Waals surface area contributed by atoms with Crippen LogP contribution in [0.2, 0.25) is 0 Å². The molecule has 1 saturated heterocycles. The van der Waals surface area contributed by atoms with Gasteiger partial charge in [-0.15, -0.1) is 0 Å². The zero-order valence-electron chi connectivity index (χ0n) is 19.6. The van der Waals surface area contributed by atoms with Gasteiger partial charge in [0.15, 0.2) is 0 Å². The number of carbonyl (C=O) groups is 3. The fourth-order valence-corrected chi connectivity index (χ4v) is 4.25. The number of piperidine rings is 1. The molecule has 2 aromatic rings. The molecule has 1 aliphatic heterocycles. The van der Waals surface area contributed by atoms with Gasteiger partial charge in [0.2, 0.25) is 5.91 Å². The molecule has 2 N–H and O–H groups in total. The van der Waals surface area contributed by atoms with Crippen LogP contribution in [0.5, 0.6) is 0 Å². The van der Waals surface area contributed by atoms with Crippen molar-refractivity contribution in [1.82, 2.24) is 15.5 Å². The van der Waals surface area contributed by atoms with Crippen LogP contribution in [0.3, 0.4) is 0 Å². The highest BCUT2D eigenvalue weighted by Gasteiger charge is 2.34. The molecule has 0 bridgehead atoms. The van der Waals surface area contributed by atoms with E-state index in [-0.39, 0.29) is 23.6 Å². The first-order chi connectivity index (χ1) is 15.9. The molecule has 0 unspecified atom stereocenters. The van der Waals surface area contributed by atoms with Crippen LogP contribution in [0.25, 0.3) is 0 Å². The van der Waals surface area contributed by atoms with Gasteiger partial charge >= 0.3 is 0 Å². The number of nitrogens with one attached hydrogen (secondary N) is 2. The van der Waals surface area contributed by atoms with Gasteiger partial charge in [-0.2, -0.15) is 0 Å². The topological polar surface area (TPSA) is 87.7 Å². The Hall–Kier alpha value is -3.19. The number of hydrogen-bond donors (Lipinski definition) is 2. The first-order valence-electron chi connectivity index (χ1n) is 11.4. The third-order valence-corrected chi connectivity index (χ3v) is 6.24. The molecule has 176 valence electrons. The van der Waals surface area contributed by atoms with Gasteiger partial charge in [-0.25, -0.2) is 0 Å². The Kier molecular flexibility index (Phi) is 8.60. The fraction of sp³-hybridized carbons (Fsp3) is 0.423. The number of aryl methyl sites for hydroxylation is 2. The molecular weight excluding hydrogens is 418 g/mol. The number of nitrogens with zero attached hydrogens (tertiary/aromatic N) is 1. The molecule has 1 fully saturated rings. The van der Waals surface area contributed by atoms with Crippen LogP contribution in [-0.2, 0) is 9.53 Å². The van der Waals surface area contributed by atoms with Gasteiger partial charge in [-0.1, -0.05) is 36.4 Å². The first kappa shape index (κ1) is 24.5. The molecule has 33 heavy (non-hydrogen) atoms. The number of rotatable bonds is 8. The lowest BCUT2D eigenvalue weighted by molar-refractivity contribution is -0.124. The minimum Gasteiger partial charge on any atom is -0.383 e. The lowest BCUT2D eigenvalue weighted by atomic mass is 9.88. The zero-order valence-corrected chi connectivity index (χ0v) is 19.6. The predicted octanol–water partition coefficient (Wildman–Crippen LogP) is 2.72. The van der Waals surface area contributed by atoms with Crippen molar-refractivity contribution in [2.75, 3.05) is 33.4 Å². The molecular formula is C26H33N3O4. The van der Waals surface area contributed by atoms with Gasteiger partial charge in [0, 0.05) is 37.9 Å². The molecule has 0 spiro atoms. The summed E-state index contributed by atoms with van der Waals surface area (Å²) >= 11 is 0.